The van der Waals surface area contributed by atoms with Crippen molar-refractivity contribution >= 4 is 23.9 Å². The van der Waals surface area contributed by atoms with Crippen molar-refractivity contribution in [2.24, 2.45) is 0 Å². The van der Waals surface area contributed by atoms with Crippen LogP contribution < -0.4 is 15.7 Å². The summed E-state index contributed by atoms with van der Waals surface area (Å²) in [5.74, 6) is -2.52. The van der Waals surface area contributed by atoms with E-state index in [4.69, 9.17) is 0 Å². The SMILES string of the molecule is CC(=O)N/C(=C/c1ccccc1)C(=O)NCC(=O)[O-]. The smallest absolute Gasteiger partial charge is 0.268 e. The molecule has 0 spiro atoms. The number of nitrogens with one attached hydrogen (secondary N) is 2. The van der Waals surface area contributed by atoms with E-state index in [2.05, 4.69) is 10.6 Å². The molecule has 19 heavy (non-hydrogen) atoms. The van der Waals surface area contributed by atoms with E-state index in [1.165, 1.54) is 13.0 Å². The fraction of sp³-hybridized carbons (Fsp3) is 0.154. The molecule has 0 unspecified atom stereocenters. The van der Waals surface area contributed by atoms with Crippen LogP contribution in [0.5, 0.6) is 0 Å². The van der Waals surface area contributed by atoms with Gasteiger partial charge in [-0.25, -0.2) is 0 Å². The maximum Gasteiger partial charge on any atom is 0.268 e. The van der Waals surface area contributed by atoms with E-state index in [0.717, 1.165) is 0 Å². The van der Waals surface area contributed by atoms with Crippen LogP contribution in [0.1, 0.15) is 12.5 Å². The summed E-state index contributed by atoms with van der Waals surface area (Å²) in [6.07, 6.45) is 1.45. The van der Waals surface area contributed by atoms with Gasteiger partial charge in [-0.15, -0.1) is 0 Å². The highest BCUT2D eigenvalue weighted by Gasteiger charge is 2.10. The third-order valence-electron chi connectivity index (χ3n) is 2.06. The molecule has 2 N–H and O–H groups in total. The van der Waals surface area contributed by atoms with Crippen LogP contribution in [0.25, 0.3) is 6.08 Å². The molecule has 100 valence electrons. The Morgan fingerprint density at radius 3 is 2.37 bits per heavy atom. The minimum Gasteiger partial charge on any atom is -0.548 e. The van der Waals surface area contributed by atoms with Gasteiger partial charge in [0.05, 0.1) is 12.5 Å². The molecule has 6 heteroatoms. The van der Waals surface area contributed by atoms with Crippen molar-refractivity contribution in [3.8, 4) is 0 Å². The molecule has 0 atom stereocenters. The largest absolute Gasteiger partial charge is 0.548 e. The highest BCUT2D eigenvalue weighted by atomic mass is 16.4. The van der Waals surface area contributed by atoms with Crippen LogP contribution in [0.15, 0.2) is 36.0 Å². The molecule has 2 amide bonds. The molecule has 0 bridgehead atoms. The highest BCUT2D eigenvalue weighted by Crippen LogP contribution is 2.04. The summed E-state index contributed by atoms with van der Waals surface area (Å²) < 4.78 is 0. The number of hydrogen-bond acceptors (Lipinski definition) is 4. The summed E-state index contributed by atoms with van der Waals surface area (Å²) in [6, 6.07) is 8.85. The van der Waals surface area contributed by atoms with E-state index < -0.39 is 24.3 Å². The van der Waals surface area contributed by atoms with Crippen molar-refractivity contribution in [3.05, 3.63) is 41.6 Å². The van der Waals surface area contributed by atoms with Gasteiger partial charge in [-0.3, -0.25) is 9.59 Å². The number of carbonyl (C=O) groups is 3. The molecule has 1 rings (SSSR count). The summed E-state index contributed by atoms with van der Waals surface area (Å²) in [5.41, 5.74) is 0.676. The second-order valence-corrected chi connectivity index (χ2v) is 3.70. The molecule has 6 nitrogen and oxygen atoms in total. The summed E-state index contributed by atoms with van der Waals surface area (Å²) in [4.78, 5) is 33.0. The zero-order chi connectivity index (χ0) is 14.3. The van der Waals surface area contributed by atoms with Crippen LogP contribution in [0.2, 0.25) is 0 Å². The summed E-state index contributed by atoms with van der Waals surface area (Å²) in [5, 5.41) is 14.7. The monoisotopic (exact) mass is 261 g/mol. The van der Waals surface area contributed by atoms with Crippen LogP contribution in [-0.4, -0.2) is 24.3 Å². The lowest BCUT2D eigenvalue weighted by molar-refractivity contribution is -0.303. The Labute approximate surface area is 110 Å². The number of amides is 2. The van der Waals surface area contributed by atoms with E-state index in [0.29, 0.717) is 5.56 Å². The fourth-order valence-electron chi connectivity index (χ4n) is 1.31. The molecule has 0 saturated carbocycles. The van der Waals surface area contributed by atoms with E-state index in [1.807, 2.05) is 6.07 Å². The zero-order valence-corrected chi connectivity index (χ0v) is 10.3. The molecule has 0 aliphatic rings. The number of benzene rings is 1. The van der Waals surface area contributed by atoms with Gasteiger partial charge >= 0.3 is 0 Å². The van der Waals surface area contributed by atoms with E-state index >= 15 is 0 Å². The molecule has 0 aromatic heterocycles. The average Bonchev–Trinajstić information content (AvgIpc) is 2.36. The lowest BCUT2D eigenvalue weighted by atomic mass is 10.2. The number of carbonyl (C=O) groups excluding carboxylic acids is 3. The summed E-state index contributed by atoms with van der Waals surface area (Å²) in [7, 11) is 0. The van der Waals surface area contributed by atoms with Gasteiger partial charge in [0.2, 0.25) is 5.91 Å². The average molecular weight is 261 g/mol. The minimum atomic E-state index is -1.41. The predicted octanol–water partition coefficient (Wildman–Crippen LogP) is -0.970. The van der Waals surface area contributed by atoms with Gasteiger partial charge in [0, 0.05) is 6.92 Å². The maximum absolute atomic E-state index is 11.7. The molecule has 0 heterocycles. The fourth-order valence-corrected chi connectivity index (χ4v) is 1.31. The standard InChI is InChI=1S/C13H14N2O4/c1-9(16)15-11(13(19)14-8-12(17)18)7-10-5-3-2-4-6-10/h2-7H,8H2,1H3,(H,14,19)(H,15,16)(H,17,18)/p-1/b11-7+. The lowest BCUT2D eigenvalue weighted by Gasteiger charge is -2.10. The van der Waals surface area contributed by atoms with Crippen molar-refractivity contribution in [1.29, 1.82) is 0 Å². The molecule has 0 radical (unpaired) electrons. The molecular weight excluding hydrogens is 248 g/mol. The van der Waals surface area contributed by atoms with Gasteiger partial charge in [-0.05, 0) is 11.6 Å². The minimum absolute atomic E-state index is 0.0278. The van der Waals surface area contributed by atoms with Crippen LogP contribution in [0.4, 0.5) is 0 Å². The van der Waals surface area contributed by atoms with Gasteiger partial charge in [0.25, 0.3) is 5.91 Å². The molecule has 0 saturated heterocycles. The quantitative estimate of drug-likeness (QED) is 0.666. The third kappa shape index (κ3) is 5.49. The first-order chi connectivity index (χ1) is 8.99. The van der Waals surface area contributed by atoms with Crippen molar-refractivity contribution in [1.82, 2.24) is 10.6 Å². The van der Waals surface area contributed by atoms with E-state index in [-0.39, 0.29) is 5.70 Å². The third-order valence-corrected chi connectivity index (χ3v) is 2.06. The van der Waals surface area contributed by atoms with Gasteiger partial charge < -0.3 is 20.5 Å². The number of aliphatic carboxylic acids is 1. The van der Waals surface area contributed by atoms with Gasteiger partial charge in [0.1, 0.15) is 5.70 Å². The normalized spacial score (nSPS) is 10.7. The van der Waals surface area contributed by atoms with Crippen molar-refractivity contribution < 1.29 is 19.5 Å². The Kier molecular flexibility index (Phi) is 5.28. The molecule has 1 aromatic carbocycles. The number of carboxylic acid groups (broad SMARTS) is 1. The summed E-state index contributed by atoms with van der Waals surface area (Å²) >= 11 is 0. The molecule has 0 aliphatic heterocycles. The summed E-state index contributed by atoms with van der Waals surface area (Å²) in [6.45, 7) is 0.634. The zero-order valence-electron chi connectivity index (χ0n) is 10.3. The van der Waals surface area contributed by atoms with Gasteiger partial charge in [-0.2, -0.15) is 0 Å². The van der Waals surface area contributed by atoms with Crippen molar-refractivity contribution in [2.75, 3.05) is 6.54 Å². The first-order valence-corrected chi connectivity index (χ1v) is 5.51. The Morgan fingerprint density at radius 2 is 1.84 bits per heavy atom. The van der Waals surface area contributed by atoms with E-state index in [9.17, 15) is 19.5 Å². The van der Waals surface area contributed by atoms with Gasteiger partial charge in [-0.1, -0.05) is 30.3 Å². The van der Waals surface area contributed by atoms with Crippen LogP contribution in [0.3, 0.4) is 0 Å². The highest BCUT2D eigenvalue weighted by molar-refractivity contribution is 6.01. The first-order valence-electron chi connectivity index (χ1n) is 5.51. The second-order valence-electron chi connectivity index (χ2n) is 3.70. The van der Waals surface area contributed by atoms with Crippen molar-refractivity contribution in [2.45, 2.75) is 6.92 Å². The van der Waals surface area contributed by atoms with Crippen LogP contribution in [0, 0.1) is 0 Å². The molecule has 0 fully saturated rings. The number of carboxylic acids is 1. The van der Waals surface area contributed by atoms with Crippen LogP contribution in [-0.2, 0) is 14.4 Å². The second kappa shape index (κ2) is 6.95. The van der Waals surface area contributed by atoms with Crippen LogP contribution >= 0.6 is 0 Å². The Balaban J connectivity index is 2.88. The topological polar surface area (TPSA) is 98.3 Å². The van der Waals surface area contributed by atoms with Gasteiger partial charge in [0.15, 0.2) is 0 Å². The Morgan fingerprint density at radius 1 is 1.21 bits per heavy atom. The number of hydrogen-bond donors (Lipinski definition) is 2. The maximum atomic E-state index is 11.7. The Hall–Kier alpha value is -2.63. The van der Waals surface area contributed by atoms with Crippen molar-refractivity contribution in [3.63, 3.8) is 0 Å². The molecule has 0 aliphatic carbocycles. The Bertz CT molecular complexity index is 509. The lowest BCUT2D eigenvalue weighted by Crippen LogP contribution is -2.41. The molecular formula is C13H13N2O4-. The number of rotatable bonds is 5. The molecule has 1 aromatic rings. The first kappa shape index (κ1) is 14.4. The predicted molar refractivity (Wildman–Crippen MR) is 66.3 cm³/mol. The van der Waals surface area contributed by atoms with E-state index in [1.54, 1.807) is 24.3 Å².